The number of ether oxygens (including phenoxy) is 2. The van der Waals surface area contributed by atoms with Crippen molar-refractivity contribution in [3.63, 3.8) is 0 Å². The third kappa shape index (κ3) is 2.91. The van der Waals surface area contributed by atoms with Crippen LogP contribution in [0.5, 0.6) is 5.75 Å². The van der Waals surface area contributed by atoms with Gasteiger partial charge in [-0.05, 0) is 69.7 Å². The van der Waals surface area contributed by atoms with Gasteiger partial charge in [0.25, 0.3) is 0 Å². The first kappa shape index (κ1) is 15.8. The van der Waals surface area contributed by atoms with Crippen LogP contribution >= 0.6 is 0 Å². The van der Waals surface area contributed by atoms with Crippen molar-refractivity contribution in [1.29, 1.82) is 0 Å². The molecular weight excluding hydrogens is 266 g/mol. The number of rotatable bonds is 6. The fraction of sp³-hybridized carbons (Fsp3) is 0.588. The number of hydrogen-bond acceptors (Lipinski definition) is 4. The molecule has 0 aromatic heterocycles. The second-order valence-corrected chi connectivity index (χ2v) is 5.73. The van der Waals surface area contributed by atoms with Crippen LogP contribution in [0.4, 0.5) is 0 Å². The summed E-state index contributed by atoms with van der Waals surface area (Å²) in [4.78, 5) is 12.5. The lowest BCUT2D eigenvalue weighted by Gasteiger charge is -2.30. The Morgan fingerprint density at radius 1 is 1.24 bits per heavy atom. The van der Waals surface area contributed by atoms with E-state index in [0.717, 1.165) is 29.5 Å². The molecule has 21 heavy (non-hydrogen) atoms. The molecule has 0 bridgehead atoms. The third-order valence-electron chi connectivity index (χ3n) is 4.18. The van der Waals surface area contributed by atoms with Crippen LogP contribution in [0, 0.1) is 19.8 Å². The molecule has 1 aromatic rings. The highest BCUT2D eigenvalue weighted by Gasteiger charge is 2.52. The molecular formula is C17H25NO3. The van der Waals surface area contributed by atoms with Crippen LogP contribution in [0.3, 0.4) is 0 Å². The molecule has 0 heterocycles. The van der Waals surface area contributed by atoms with Gasteiger partial charge in [0.05, 0.1) is 13.2 Å². The summed E-state index contributed by atoms with van der Waals surface area (Å²) in [5, 5.41) is 0. The smallest absolute Gasteiger partial charge is 0.331 e. The molecule has 1 saturated carbocycles. The van der Waals surface area contributed by atoms with Gasteiger partial charge in [-0.15, -0.1) is 0 Å². The monoisotopic (exact) mass is 291 g/mol. The molecule has 1 fully saturated rings. The van der Waals surface area contributed by atoms with Crippen LogP contribution in [0.1, 0.15) is 43.4 Å². The molecule has 1 unspecified atom stereocenters. The molecule has 0 radical (unpaired) electrons. The maximum atomic E-state index is 12.5. The second-order valence-electron chi connectivity index (χ2n) is 5.73. The maximum Gasteiger partial charge on any atom is 0.331 e. The summed E-state index contributed by atoms with van der Waals surface area (Å²) in [6.45, 7) is 8.65. The Morgan fingerprint density at radius 3 is 2.38 bits per heavy atom. The maximum absolute atomic E-state index is 12.5. The zero-order valence-electron chi connectivity index (χ0n) is 13.4. The molecule has 2 N–H and O–H groups in total. The number of nitrogens with two attached hydrogens (primary N) is 1. The Kier molecular flexibility index (Phi) is 4.57. The summed E-state index contributed by atoms with van der Waals surface area (Å²) >= 11 is 0. The molecule has 0 amide bonds. The highest BCUT2D eigenvalue weighted by atomic mass is 16.5. The number of carbonyl (C=O) groups excluding carboxylic acids is 1. The van der Waals surface area contributed by atoms with E-state index in [0.29, 0.717) is 19.0 Å². The van der Waals surface area contributed by atoms with Crippen molar-refractivity contribution in [2.24, 2.45) is 11.7 Å². The Bertz CT molecular complexity index is 537. The summed E-state index contributed by atoms with van der Waals surface area (Å²) in [5.74, 6) is 0.484. The van der Waals surface area contributed by atoms with Crippen molar-refractivity contribution >= 4 is 5.97 Å². The highest BCUT2D eigenvalue weighted by Crippen LogP contribution is 2.47. The molecule has 4 heteroatoms. The van der Waals surface area contributed by atoms with Gasteiger partial charge in [0.1, 0.15) is 11.3 Å². The molecule has 1 aliphatic rings. The minimum absolute atomic E-state index is 0.137. The first-order valence-corrected chi connectivity index (χ1v) is 7.65. The summed E-state index contributed by atoms with van der Waals surface area (Å²) in [6.07, 6.45) is 1.90. The standard InChI is InChI=1S/C17H25NO3/c1-5-20-15-10-12(4)11(3)9-14(15)17(18,13-7-8-13)16(19)21-6-2/h9-10,13H,5-8,18H2,1-4H3. The number of carbonyl (C=O) groups is 1. The average Bonchev–Trinajstić information content (AvgIpc) is 3.27. The normalized spacial score (nSPS) is 17.2. The molecule has 1 aromatic carbocycles. The molecule has 2 rings (SSSR count). The average molecular weight is 291 g/mol. The van der Waals surface area contributed by atoms with Crippen molar-refractivity contribution in [3.05, 3.63) is 28.8 Å². The fourth-order valence-electron chi connectivity index (χ4n) is 2.67. The van der Waals surface area contributed by atoms with E-state index in [1.165, 1.54) is 0 Å². The van der Waals surface area contributed by atoms with Gasteiger partial charge in [-0.1, -0.05) is 0 Å². The van der Waals surface area contributed by atoms with Crippen LogP contribution in [-0.4, -0.2) is 19.2 Å². The number of benzene rings is 1. The lowest BCUT2D eigenvalue weighted by atomic mass is 9.83. The summed E-state index contributed by atoms with van der Waals surface area (Å²) in [5.41, 5.74) is 8.44. The predicted octanol–water partition coefficient (Wildman–Crippen LogP) is 2.83. The summed E-state index contributed by atoms with van der Waals surface area (Å²) in [7, 11) is 0. The van der Waals surface area contributed by atoms with Crippen LogP contribution < -0.4 is 10.5 Å². The number of esters is 1. The van der Waals surface area contributed by atoms with Crippen molar-refractivity contribution in [1.82, 2.24) is 0 Å². The molecule has 1 atom stereocenters. The van der Waals surface area contributed by atoms with E-state index >= 15 is 0 Å². The van der Waals surface area contributed by atoms with Gasteiger partial charge in [0, 0.05) is 5.56 Å². The number of aryl methyl sites for hydroxylation is 2. The Morgan fingerprint density at radius 2 is 1.86 bits per heavy atom. The fourth-order valence-corrected chi connectivity index (χ4v) is 2.67. The van der Waals surface area contributed by atoms with Crippen molar-refractivity contribution in [3.8, 4) is 5.75 Å². The van der Waals surface area contributed by atoms with Gasteiger partial charge in [0.2, 0.25) is 0 Å². The Hall–Kier alpha value is -1.55. The lowest BCUT2D eigenvalue weighted by molar-refractivity contribution is -0.151. The zero-order valence-corrected chi connectivity index (χ0v) is 13.4. The van der Waals surface area contributed by atoms with E-state index in [1.54, 1.807) is 6.92 Å². The summed E-state index contributed by atoms with van der Waals surface area (Å²) < 4.78 is 11.0. The quantitative estimate of drug-likeness (QED) is 0.819. The van der Waals surface area contributed by atoms with Crippen LogP contribution in [-0.2, 0) is 15.1 Å². The van der Waals surface area contributed by atoms with E-state index in [2.05, 4.69) is 0 Å². The van der Waals surface area contributed by atoms with Gasteiger partial charge < -0.3 is 15.2 Å². The molecule has 116 valence electrons. The zero-order chi connectivity index (χ0) is 15.6. The van der Waals surface area contributed by atoms with E-state index < -0.39 is 5.54 Å². The largest absolute Gasteiger partial charge is 0.493 e. The van der Waals surface area contributed by atoms with Gasteiger partial charge in [-0.2, -0.15) is 0 Å². The minimum Gasteiger partial charge on any atom is -0.493 e. The molecule has 0 spiro atoms. The lowest BCUT2D eigenvalue weighted by Crippen LogP contribution is -2.48. The van der Waals surface area contributed by atoms with Crippen molar-refractivity contribution < 1.29 is 14.3 Å². The molecule has 0 aliphatic heterocycles. The summed E-state index contributed by atoms with van der Waals surface area (Å²) in [6, 6.07) is 3.95. The van der Waals surface area contributed by atoms with Crippen molar-refractivity contribution in [2.75, 3.05) is 13.2 Å². The van der Waals surface area contributed by atoms with Crippen LogP contribution in [0.15, 0.2) is 12.1 Å². The first-order chi connectivity index (χ1) is 9.94. The van der Waals surface area contributed by atoms with E-state index in [4.69, 9.17) is 15.2 Å². The van der Waals surface area contributed by atoms with Crippen molar-refractivity contribution in [2.45, 2.75) is 46.1 Å². The van der Waals surface area contributed by atoms with Gasteiger partial charge >= 0.3 is 5.97 Å². The Labute approximate surface area is 126 Å². The molecule has 4 nitrogen and oxygen atoms in total. The topological polar surface area (TPSA) is 61.5 Å². The van der Waals surface area contributed by atoms with Gasteiger partial charge in [0.15, 0.2) is 0 Å². The van der Waals surface area contributed by atoms with Crippen LogP contribution in [0.25, 0.3) is 0 Å². The van der Waals surface area contributed by atoms with E-state index in [9.17, 15) is 4.79 Å². The van der Waals surface area contributed by atoms with E-state index in [1.807, 2.05) is 32.9 Å². The first-order valence-electron chi connectivity index (χ1n) is 7.65. The molecule has 1 aliphatic carbocycles. The molecule has 0 saturated heterocycles. The van der Waals surface area contributed by atoms with Crippen LogP contribution in [0.2, 0.25) is 0 Å². The van der Waals surface area contributed by atoms with Gasteiger partial charge in [-0.25, -0.2) is 4.79 Å². The van der Waals surface area contributed by atoms with Gasteiger partial charge in [-0.3, -0.25) is 0 Å². The number of hydrogen-bond donors (Lipinski definition) is 1. The second kappa shape index (κ2) is 6.06. The minimum atomic E-state index is -1.10. The predicted molar refractivity (Wildman–Crippen MR) is 82.3 cm³/mol. The Balaban J connectivity index is 2.54. The van der Waals surface area contributed by atoms with E-state index in [-0.39, 0.29) is 11.9 Å². The third-order valence-corrected chi connectivity index (χ3v) is 4.18. The SMILES string of the molecule is CCOC(=O)C(N)(c1cc(C)c(C)cc1OCC)C1CC1. The highest BCUT2D eigenvalue weighted by molar-refractivity contribution is 5.84.